The van der Waals surface area contributed by atoms with E-state index in [2.05, 4.69) is 75.5 Å². The van der Waals surface area contributed by atoms with Crippen LogP contribution in [0, 0.1) is 14.3 Å². The second kappa shape index (κ2) is 13.7. The van der Waals surface area contributed by atoms with E-state index in [1.54, 1.807) is 12.1 Å². The van der Waals surface area contributed by atoms with Crippen molar-refractivity contribution in [1.82, 2.24) is 0 Å². The molecule has 0 aliphatic heterocycles. The van der Waals surface area contributed by atoms with E-state index in [-0.39, 0.29) is 43.4 Å². The first kappa shape index (κ1) is 27.4. The van der Waals surface area contributed by atoms with Crippen LogP contribution in [0.3, 0.4) is 0 Å². The molecule has 148 valence electrons. The van der Waals surface area contributed by atoms with Crippen LogP contribution in [0.4, 0.5) is 0 Å². The first-order valence-corrected chi connectivity index (χ1v) is 11.6. The molecule has 0 bridgehead atoms. The Balaban J connectivity index is 0.00000420. The number of phenols is 2. The molecule has 0 aliphatic rings. The fraction of sp³-hybridized carbons (Fsp3) is 0.143. The van der Waals surface area contributed by atoms with Crippen molar-refractivity contribution in [2.24, 2.45) is 20.8 Å². The number of aromatic hydroxyl groups is 2. The average molecular weight is 840 g/mol. The molecule has 0 spiro atoms. The molecule has 0 aromatic heterocycles. The summed E-state index contributed by atoms with van der Waals surface area (Å²) in [6.07, 6.45) is 0. The van der Waals surface area contributed by atoms with Crippen LogP contribution in [0.15, 0.2) is 45.0 Å². The number of nitrogens with zero attached hydrogens (tertiary/aromatic N) is 4. The summed E-state index contributed by atoms with van der Waals surface area (Å²) in [5, 5.41) is 45.2. The number of hydrogen-bond donors (Lipinski definition) is 2. The van der Waals surface area contributed by atoms with E-state index in [0.29, 0.717) is 18.3 Å². The van der Waals surface area contributed by atoms with E-state index in [0.717, 1.165) is 7.14 Å². The van der Waals surface area contributed by atoms with Crippen molar-refractivity contribution in [2.45, 2.75) is 13.1 Å². The van der Waals surface area contributed by atoms with Gasteiger partial charge in [0, 0.05) is 28.8 Å². The molecule has 0 saturated carbocycles. The van der Waals surface area contributed by atoms with Gasteiger partial charge in [0.1, 0.15) is 11.5 Å². The van der Waals surface area contributed by atoms with Gasteiger partial charge in [0.25, 0.3) is 0 Å². The van der Waals surface area contributed by atoms with E-state index < -0.39 is 7.32 Å². The minimum absolute atomic E-state index is 0. The molecule has 2 aromatic rings. The Labute approximate surface area is 233 Å². The Bertz CT molecular complexity index is 837. The minimum atomic E-state index is -2.04. The molecule has 0 aliphatic carbocycles. The van der Waals surface area contributed by atoms with Gasteiger partial charge in [0.15, 0.2) is 0 Å². The van der Waals surface area contributed by atoms with Crippen LogP contribution >= 0.6 is 90.4 Å². The fourth-order valence-corrected chi connectivity index (χ4v) is 5.78. The first-order chi connectivity index (χ1) is 13.3. The summed E-state index contributed by atoms with van der Waals surface area (Å²) in [5.74, 6) is 0.217. The maximum absolute atomic E-state index is 11.4. The Morgan fingerprint density at radius 1 is 0.793 bits per heavy atom. The van der Waals surface area contributed by atoms with Gasteiger partial charge in [-0.3, -0.25) is 0 Å². The van der Waals surface area contributed by atoms with Crippen LogP contribution in [-0.4, -0.2) is 17.5 Å². The molecule has 0 atom stereocenters. The summed E-state index contributed by atoms with van der Waals surface area (Å²) in [4.78, 5) is 0. The summed E-state index contributed by atoms with van der Waals surface area (Å²) >= 11 is 8.25. The topological polar surface area (TPSA) is 131 Å². The summed E-state index contributed by atoms with van der Waals surface area (Å²) in [6, 6.07) is 7.13. The van der Waals surface area contributed by atoms with Crippen LogP contribution in [-0.2, 0) is 22.6 Å². The summed E-state index contributed by atoms with van der Waals surface area (Å²) in [5.41, 5.74) is 1.11. The van der Waals surface area contributed by atoms with E-state index >= 15 is 0 Å². The molecule has 2 rings (SSSR count). The van der Waals surface area contributed by atoms with Crippen molar-refractivity contribution in [3.05, 3.63) is 49.7 Å². The Hall–Kier alpha value is 0.382. The molecule has 0 heterocycles. The van der Waals surface area contributed by atoms with E-state index in [1.165, 1.54) is 0 Å². The summed E-state index contributed by atoms with van der Waals surface area (Å²) in [7, 11) is -2.04. The van der Waals surface area contributed by atoms with Crippen LogP contribution in [0.5, 0.6) is 11.5 Å². The minimum Gasteiger partial charge on any atom is -0.805 e. The third-order valence-corrected chi connectivity index (χ3v) is 5.97. The number of benzene rings is 2. The van der Waals surface area contributed by atoms with Gasteiger partial charge < -0.3 is 24.7 Å². The largest absolute Gasteiger partial charge is 1.00 e. The molecule has 0 fully saturated rings. The Kier molecular flexibility index (Phi) is 13.0. The molecule has 0 unspecified atom stereocenters. The third-order valence-electron chi connectivity index (χ3n) is 3.08. The number of rotatable bonds is 8. The normalized spacial score (nSPS) is 10.9. The molecule has 29 heavy (non-hydrogen) atoms. The molecule has 0 saturated heterocycles. The van der Waals surface area contributed by atoms with Crippen LogP contribution in [0.1, 0.15) is 11.1 Å². The van der Waals surface area contributed by atoms with Crippen LogP contribution in [0.25, 0.3) is 0 Å². The van der Waals surface area contributed by atoms with Gasteiger partial charge in [-0.15, -0.1) is 0 Å². The number of phenolic OH excluding ortho intramolecular Hbond substituents is 2. The second-order valence-electron chi connectivity index (χ2n) is 5.05. The summed E-state index contributed by atoms with van der Waals surface area (Å²) in [6.45, 7) is 0.0783. The molecule has 0 amide bonds. The second-order valence-corrected chi connectivity index (χ2v) is 9.87. The SMILES string of the molecule is [Li+].[O-]B(ON=NCc1cc(I)cc(I)c1O)ON=NCc1cc(I)cc(I)c1O. The van der Waals surface area contributed by atoms with Gasteiger partial charge in [-0.05, 0) is 115 Å². The maximum atomic E-state index is 11.4. The number of halogens is 4. The number of hydrogen-bond acceptors (Lipinski definition) is 9. The smallest absolute Gasteiger partial charge is 0.805 e. The average Bonchev–Trinajstić information content (AvgIpc) is 2.63. The van der Waals surface area contributed by atoms with Crippen molar-refractivity contribution in [2.75, 3.05) is 0 Å². The summed E-state index contributed by atoms with van der Waals surface area (Å²) < 4.78 is 12.2. The Morgan fingerprint density at radius 2 is 1.17 bits per heavy atom. The van der Waals surface area contributed by atoms with Gasteiger partial charge in [-0.1, -0.05) is 0 Å². The molecular formula is C14H10BI4LiN4O5. The quantitative estimate of drug-likeness (QED) is 0.180. The third kappa shape index (κ3) is 9.18. The van der Waals surface area contributed by atoms with Gasteiger partial charge in [-0.25, -0.2) is 0 Å². The van der Waals surface area contributed by atoms with Crippen molar-refractivity contribution in [3.63, 3.8) is 0 Å². The van der Waals surface area contributed by atoms with Gasteiger partial charge in [-0.2, -0.15) is 10.2 Å². The van der Waals surface area contributed by atoms with Crippen molar-refractivity contribution in [3.8, 4) is 11.5 Å². The molecule has 15 heteroatoms. The predicted molar refractivity (Wildman–Crippen MR) is 132 cm³/mol. The fourth-order valence-electron chi connectivity index (χ4n) is 1.85. The zero-order chi connectivity index (χ0) is 20.7. The van der Waals surface area contributed by atoms with Crippen molar-refractivity contribution < 1.29 is 43.6 Å². The van der Waals surface area contributed by atoms with Gasteiger partial charge in [0.2, 0.25) is 0 Å². The van der Waals surface area contributed by atoms with E-state index in [1.807, 2.05) is 57.3 Å². The van der Waals surface area contributed by atoms with Crippen molar-refractivity contribution in [1.29, 1.82) is 0 Å². The van der Waals surface area contributed by atoms with Gasteiger partial charge in [0.05, 0.1) is 20.2 Å². The van der Waals surface area contributed by atoms with E-state index in [4.69, 9.17) is 0 Å². The van der Waals surface area contributed by atoms with E-state index in [9.17, 15) is 15.2 Å². The molecule has 0 radical (unpaired) electrons. The molecule has 9 nitrogen and oxygen atoms in total. The monoisotopic (exact) mass is 840 g/mol. The van der Waals surface area contributed by atoms with Crippen molar-refractivity contribution >= 4 is 97.7 Å². The van der Waals surface area contributed by atoms with Crippen LogP contribution in [0.2, 0.25) is 0 Å². The van der Waals surface area contributed by atoms with Gasteiger partial charge >= 0.3 is 26.2 Å². The first-order valence-electron chi connectivity index (χ1n) is 7.32. The molecule has 2 N–H and O–H groups in total. The zero-order valence-electron chi connectivity index (χ0n) is 14.7. The Morgan fingerprint density at radius 3 is 1.55 bits per heavy atom. The zero-order valence-corrected chi connectivity index (χ0v) is 23.4. The van der Waals surface area contributed by atoms with Crippen LogP contribution < -0.4 is 23.9 Å². The standard InChI is InChI=1S/C14H10BI4N4O5.Li/c16-9-1-7(13(24)11(18)3-9)5-20-22-27-15(26)28-23-21-6-8-2-10(17)4-12(19)14(8)25;/h1-4,24-25H,5-6H2;/q-1;+1. The molecule has 2 aromatic carbocycles. The molecular weight excluding hydrogens is 830 g/mol. The predicted octanol–water partition coefficient (Wildman–Crippen LogP) is 1.33. The maximum Gasteiger partial charge on any atom is 1.00 e.